The number of hydrogen-bond acceptors (Lipinski definition) is 4. The monoisotopic (exact) mass is 439 g/mol. The lowest BCUT2D eigenvalue weighted by molar-refractivity contribution is 0.0573. The first-order valence-corrected chi connectivity index (χ1v) is 10.7. The lowest BCUT2D eigenvalue weighted by atomic mass is 10.1. The lowest BCUT2D eigenvalue weighted by Crippen LogP contribution is -2.25. The van der Waals surface area contributed by atoms with Crippen LogP contribution in [0.5, 0.6) is 0 Å². The SMILES string of the molecule is C=Cc1nc(-c2ccc(Cl)cc2Cl)c(C)nc1N[C@@H]1c2ccccc2C[C@@H]1OCC. The van der Waals surface area contributed by atoms with Crippen LogP contribution in [0.4, 0.5) is 5.82 Å². The van der Waals surface area contributed by atoms with Crippen LogP contribution in [0.15, 0.2) is 49.0 Å². The minimum atomic E-state index is -0.00137. The first kappa shape index (κ1) is 20.9. The minimum Gasteiger partial charge on any atom is -0.376 e. The van der Waals surface area contributed by atoms with Crippen LogP contribution in [0.3, 0.4) is 0 Å². The standard InChI is InChI=1S/C24H23Cl2N3O/c1-4-20-24(27-14(3)22(28-20)18-11-10-16(25)13-19(18)26)29-23-17-9-7-6-8-15(17)12-21(23)30-5-2/h4,6-11,13,21,23H,1,5,12H2,2-3H3,(H,27,29)/t21-,23+/m0/s1. The summed E-state index contributed by atoms with van der Waals surface area (Å²) in [6.45, 7) is 8.54. The van der Waals surface area contributed by atoms with Gasteiger partial charge in [-0.2, -0.15) is 0 Å². The van der Waals surface area contributed by atoms with Crippen molar-refractivity contribution in [1.29, 1.82) is 0 Å². The predicted molar refractivity (Wildman–Crippen MR) is 124 cm³/mol. The summed E-state index contributed by atoms with van der Waals surface area (Å²) in [6.07, 6.45) is 2.62. The smallest absolute Gasteiger partial charge is 0.152 e. The zero-order chi connectivity index (χ0) is 21.3. The molecule has 1 aliphatic rings. The number of ether oxygens (including phenoxy) is 1. The van der Waals surface area contributed by atoms with Crippen molar-refractivity contribution in [2.24, 2.45) is 0 Å². The number of halogens is 2. The van der Waals surface area contributed by atoms with Crippen LogP contribution >= 0.6 is 23.2 Å². The molecule has 4 nitrogen and oxygen atoms in total. The Morgan fingerprint density at radius 1 is 1.20 bits per heavy atom. The average molecular weight is 440 g/mol. The predicted octanol–water partition coefficient (Wildman–Crippen LogP) is 6.52. The Hall–Kier alpha value is -2.40. The van der Waals surface area contributed by atoms with Gasteiger partial charge in [-0.1, -0.05) is 54.0 Å². The summed E-state index contributed by atoms with van der Waals surface area (Å²) in [4.78, 5) is 9.63. The molecular formula is C24H23Cl2N3O. The maximum Gasteiger partial charge on any atom is 0.152 e. The Morgan fingerprint density at radius 3 is 2.73 bits per heavy atom. The number of nitrogens with one attached hydrogen (secondary N) is 1. The maximum atomic E-state index is 6.41. The van der Waals surface area contributed by atoms with Gasteiger partial charge in [-0.25, -0.2) is 9.97 Å². The van der Waals surface area contributed by atoms with Gasteiger partial charge in [0.15, 0.2) is 5.82 Å². The fourth-order valence-corrected chi connectivity index (χ4v) is 4.46. The number of nitrogens with zero attached hydrogens (tertiary/aromatic N) is 2. The van der Waals surface area contributed by atoms with E-state index in [1.54, 1.807) is 18.2 Å². The van der Waals surface area contributed by atoms with E-state index < -0.39 is 0 Å². The molecule has 1 heterocycles. The van der Waals surface area contributed by atoms with Gasteiger partial charge in [0.25, 0.3) is 0 Å². The minimum absolute atomic E-state index is 0.00137. The normalized spacial score (nSPS) is 17.6. The van der Waals surface area contributed by atoms with E-state index in [-0.39, 0.29) is 12.1 Å². The molecule has 0 bridgehead atoms. The molecule has 0 aliphatic heterocycles. The Morgan fingerprint density at radius 2 is 2.00 bits per heavy atom. The quantitative estimate of drug-likeness (QED) is 0.474. The second kappa shape index (κ2) is 8.76. The van der Waals surface area contributed by atoms with E-state index in [2.05, 4.69) is 36.2 Å². The molecule has 6 heteroatoms. The fourth-order valence-electron chi connectivity index (χ4n) is 3.96. The van der Waals surface area contributed by atoms with Crippen LogP contribution in [0.1, 0.15) is 35.5 Å². The Bertz CT molecular complexity index is 1100. The third kappa shape index (κ3) is 3.95. The molecule has 1 aliphatic carbocycles. The van der Waals surface area contributed by atoms with Gasteiger partial charge in [-0.3, -0.25) is 0 Å². The molecule has 2 atom stereocenters. The number of aryl methyl sites for hydroxylation is 1. The first-order valence-electron chi connectivity index (χ1n) is 9.94. The van der Waals surface area contributed by atoms with Crippen molar-refractivity contribution in [3.05, 3.63) is 81.6 Å². The molecule has 0 spiro atoms. The van der Waals surface area contributed by atoms with Crippen molar-refractivity contribution < 1.29 is 4.74 Å². The summed E-state index contributed by atoms with van der Waals surface area (Å²) in [5.74, 6) is 0.683. The van der Waals surface area contributed by atoms with Gasteiger partial charge >= 0.3 is 0 Å². The molecule has 30 heavy (non-hydrogen) atoms. The average Bonchev–Trinajstić information content (AvgIpc) is 3.06. The molecule has 4 rings (SSSR count). The molecule has 0 amide bonds. The van der Waals surface area contributed by atoms with Gasteiger partial charge in [0.05, 0.1) is 28.6 Å². The van der Waals surface area contributed by atoms with Crippen molar-refractivity contribution in [3.63, 3.8) is 0 Å². The number of hydrogen-bond donors (Lipinski definition) is 1. The van der Waals surface area contributed by atoms with Crippen LogP contribution in [-0.2, 0) is 11.2 Å². The highest BCUT2D eigenvalue weighted by atomic mass is 35.5. The summed E-state index contributed by atoms with van der Waals surface area (Å²) in [7, 11) is 0. The van der Waals surface area contributed by atoms with Crippen LogP contribution in [0.25, 0.3) is 17.3 Å². The van der Waals surface area contributed by atoms with Gasteiger partial charge in [0, 0.05) is 23.6 Å². The number of rotatable bonds is 6. The molecule has 2 aromatic carbocycles. The third-order valence-electron chi connectivity index (χ3n) is 5.33. The van der Waals surface area contributed by atoms with E-state index in [9.17, 15) is 0 Å². The second-order valence-corrected chi connectivity index (χ2v) is 8.08. The molecule has 154 valence electrons. The Kier molecular flexibility index (Phi) is 6.09. The lowest BCUT2D eigenvalue weighted by Gasteiger charge is -2.23. The summed E-state index contributed by atoms with van der Waals surface area (Å²) in [5, 5.41) is 4.69. The van der Waals surface area contributed by atoms with Crippen molar-refractivity contribution in [2.45, 2.75) is 32.4 Å². The number of fused-ring (bicyclic) bond motifs is 1. The van der Waals surface area contributed by atoms with Gasteiger partial charge in [-0.15, -0.1) is 0 Å². The summed E-state index contributed by atoms with van der Waals surface area (Å²) in [5.41, 5.74) is 5.47. The van der Waals surface area contributed by atoms with Crippen molar-refractivity contribution in [3.8, 4) is 11.3 Å². The van der Waals surface area contributed by atoms with E-state index in [0.717, 1.165) is 17.7 Å². The van der Waals surface area contributed by atoms with Crippen molar-refractivity contribution >= 4 is 35.1 Å². The molecule has 0 radical (unpaired) electrons. The zero-order valence-electron chi connectivity index (χ0n) is 17.0. The summed E-state index contributed by atoms with van der Waals surface area (Å²) >= 11 is 12.5. The molecule has 3 aromatic rings. The highest BCUT2D eigenvalue weighted by Crippen LogP contribution is 2.37. The molecule has 1 aromatic heterocycles. The Labute approximate surface area is 186 Å². The second-order valence-electron chi connectivity index (χ2n) is 7.24. The van der Waals surface area contributed by atoms with Gasteiger partial charge < -0.3 is 10.1 Å². The molecular weight excluding hydrogens is 417 g/mol. The molecule has 0 fully saturated rings. The van der Waals surface area contributed by atoms with Crippen LogP contribution in [0, 0.1) is 6.92 Å². The van der Waals surface area contributed by atoms with Crippen LogP contribution in [0.2, 0.25) is 10.0 Å². The first-order chi connectivity index (χ1) is 14.5. The zero-order valence-corrected chi connectivity index (χ0v) is 18.5. The van der Waals surface area contributed by atoms with Crippen LogP contribution in [-0.4, -0.2) is 22.7 Å². The van der Waals surface area contributed by atoms with E-state index in [1.165, 1.54) is 11.1 Å². The van der Waals surface area contributed by atoms with Crippen molar-refractivity contribution in [2.75, 3.05) is 11.9 Å². The third-order valence-corrected chi connectivity index (χ3v) is 5.88. The number of anilines is 1. The van der Waals surface area contributed by atoms with E-state index in [4.69, 9.17) is 37.9 Å². The molecule has 0 saturated heterocycles. The molecule has 0 unspecified atom stereocenters. The van der Waals surface area contributed by atoms with E-state index in [1.807, 2.05) is 19.9 Å². The summed E-state index contributed by atoms with van der Waals surface area (Å²) in [6, 6.07) is 13.8. The van der Waals surface area contributed by atoms with Gasteiger partial charge in [-0.05, 0) is 49.2 Å². The molecule has 1 N–H and O–H groups in total. The molecule has 0 saturated carbocycles. The highest BCUT2D eigenvalue weighted by Gasteiger charge is 2.33. The topological polar surface area (TPSA) is 47.0 Å². The van der Waals surface area contributed by atoms with Crippen molar-refractivity contribution in [1.82, 2.24) is 9.97 Å². The highest BCUT2D eigenvalue weighted by molar-refractivity contribution is 6.36. The van der Waals surface area contributed by atoms with Crippen LogP contribution < -0.4 is 5.32 Å². The van der Waals surface area contributed by atoms with E-state index >= 15 is 0 Å². The largest absolute Gasteiger partial charge is 0.376 e. The maximum absolute atomic E-state index is 6.41. The van der Waals surface area contributed by atoms with E-state index in [0.29, 0.717) is 33.9 Å². The Balaban J connectivity index is 1.73. The number of benzene rings is 2. The van der Waals surface area contributed by atoms with Gasteiger partial charge in [0.2, 0.25) is 0 Å². The van der Waals surface area contributed by atoms with Gasteiger partial charge in [0.1, 0.15) is 5.69 Å². The fraction of sp³-hybridized carbons (Fsp3) is 0.250. The summed E-state index contributed by atoms with van der Waals surface area (Å²) < 4.78 is 6.03. The number of aromatic nitrogens is 2.